The lowest BCUT2D eigenvalue weighted by Gasteiger charge is -2.30. The summed E-state index contributed by atoms with van der Waals surface area (Å²) in [5, 5.41) is 3.87. The number of furan rings is 1. The second-order valence-electron chi connectivity index (χ2n) is 5.04. The molecule has 0 aliphatic heterocycles. The van der Waals surface area contributed by atoms with E-state index >= 15 is 0 Å². The highest BCUT2D eigenvalue weighted by atomic mass is 32.1. The van der Waals surface area contributed by atoms with Gasteiger partial charge in [-0.2, -0.15) is 0 Å². The maximum absolute atomic E-state index is 5.57. The largest absolute Gasteiger partial charge is 0.497 e. The normalized spacial score (nSPS) is 11.8. The number of nitrogens with zero attached hydrogens (tertiary/aromatic N) is 1. The number of benzene rings is 1. The Morgan fingerprint density at radius 1 is 1.26 bits per heavy atom. The summed E-state index contributed by atoms with van der Waals surface area (Å²) in [6, 6.07) is 11.5. The Labute approximate surface area is 142 Å². The first kappa shape index (κ1) is 17.3. The van der Waals surface area contributed by atoms with E-state index in [4.69, 9.17) is 26.1 Å². The van der Waals surface area contributed by atoms with E-state index in [1.54, 1.807) is 20.5 Å². The van der Waals surface area contributed by atoms with Crippen molar-refractivity contribution in [2.45, 2.75) is 13.0 Å². The average molecular weight is 334 g/mol. The lowest BCUT2D eigenvalue weighted by molar-refractivity contribution is 0.160. The summed E-state index contributed by atoms with van der Waals surface area (Å²) < 4.78 is 15.9. The number of ether oxygens (including phenoxy) is 2. The molecule has 1 atom stereocenters. The van der Waals surface area contributed by atoms with Crippen LogP contribution < -0.4 is 10.1 Å². The van der Waals surface area contributed by atoms with E-state index < -0.39 is 0 Å². The Balaban J connectivity index is 2.08. The molecule has 23 heavy (non-hydrogen) atoms. The van der Waals surface area contributed by atoms with Crippen molar-refractivity contribution in [2.24, 2.45) is 0 Å². The van der Waals surface area contributed by atoms with Gasteiger partial charge in [-0.15, -0.1) is 0 Å². The number of nitrogens with one attached hydrogen (secondary N) is 1. The van der Waals surface area contributed by atoms with Crippen molar-refractivity contribution in [1.29, 1.82) is 0 Å². The van der Waals surface area contributed by atoms with Crippen molar-refractivity contribution in [3.63, 3.8) is 0 Å². The minimum Gasteiger partial charge on any atom is -0.497 e. The fourth-order valence-corrected chi connectivity index (χ4v) is 2.58. The van der Waals surface area contributed by atoms with Crippen LogP contribution in [0.15, 0.2) is 47.1 Å². The number of anilines is 1. The molecule has 0 saturated heterocycles. The van der Waals surface area contributed by atoms with Gasteiger partial charge in [0.1, 0.15) is 11.5 Å². The zero-order valence-electron chi connectivity index (χ0n) is 13.6. The average Bonchev–Trinajstić information content (AvgIpc) is 3.10. The van der Waals surface area contributed by atoms with Crippen LogP contribution in [0.4, 0.5) is 5.69 Å². The van der Waals surface area contributed by atoms with Gasteiger partial charge in [0.05, 0.1) is 26.0 Å². The van der Waals surface area contributed by atoms with Crippen LogP contribution in [0.3, 0.4) is 0 Å². The van der Waals surface area contributed by atoms with Crippen molar-refractivity contribution in [3.05, 3.63) is 48.4 Å². The lowest BCUT2D eigenvalue weighted by Crippen LogP contribution is -2.38. The molecule has 1 aromatic carbocycles. The predicted octanol–water partition coefficient (Wildman–Crippen LogP) is 3.69. The Bertz CT molecular complexity index is 599. The SMILES string of the molecule is COCCN(C(=S)Nc1ccc(OC)cc1)C(C)c1ccco1. The molecular weight excluding hydrogens is 312 g/mol. The molecule has 0 fully saturated rings. The van der Waals surface area contributed by atoms with Crippen LogP contribution in [0.1, 0.15) is 18.7 Å². The molecule has 0 bridgehead atoms. The van der Waals surface area contributed by atoms with Crippen LogP contribution >= 0.6 is 12.2 Å². The summed E-state index contributed by atoms with van der Waals surface area (Å²) in [6.45, 7) is 3.30. The molecule has 5 nitrogen and oxygen atoms in total. The first-order chi connectivity index (χ1) is 11.2. The van der Waals surface area contributed by atoms with Gasteiger partial charge in [0.25, 0.3) is 0 Å². The molecule has 0 saturated carbocycles. The molecule has 124 valence electrons. The molecule has 1 heterocycles. The second-order valence-corrected chi connectivity index (χ2v) is 5.42. The van der Waals surface area contributed by atoms with Gasteiger partial charge >= 0.3 is 0 Å². The van der Waals surface area contributed by atoms with Gasteiger partial charge in [-0.05, 0) is 55.5 Å². The Kier molecular flexibility index (Phi) is 6.43. The summed E-state index contributed by atoms with van der Waals surface area (Å²) in [5.74, 6) is 1.67. The second kappa shape index (κ2) is 8.55. The fourth-order valence-electron chi connectivity index (χ4n) is 2.21. The number of hydrogen-bond donors (Lipinski definition) is 1. The molecule has 0 amide bonds. The first-order valence-corrected chi connectivity index (χ1v) is 7.80. The van der Waals surface area contributed by atoms with E-state index in [0.29, 0.717) is 18.3 Å². The summed E-state index contributed by atoms with van der Waals surface area (Å²) >= 11 is 5.57. The number of rotatable bonds is 7. The third kappa shape index (κ3) is 4.71. The van der Waals surface area contributed by atoms with E-state index in [0.717, 1.165) is 17.2 Å². The molecule has 1 aromatic heterocycles. The van der Waals surface area contributed by atoms with Crippen LogP contribution in [0.25, 0.3) is 0 Å². The van der Waals surface area contributed by atoms with E-state index in [1.807, 2.05) is 41.3 Å². The Hall–Kier alpha value is -2.05. The molecule has 0 radical (unpaired) electrons. The Morgan fingerprint density at radius 2 is 2.00 bits per heavy atom. The van der Waals surface area contributed by atoms with Crippen molar-refractivity contribution >= 4 is 23.0 Å². The van der Waals surface area contributed by atoms with Crippen molar-refractivity contribution in [2.75, 3.05) is 32.7 Å². The summed E-state index contributed by atoms with van der Waals surface area (Å²) in [7, 11) is 3.32. The van der Waals surface area contributed by atoms with E-state index in [9.17, 15) is 0 Å². The van der Waals surface area contributed by atoms with Crippen LogP contribution in [-0.2, 0) is 4.74 Å². The van der Waals surface area contributed by atoms with Gasteiger partial charge in [-0.3, -0.25) is 0 Å². The van der Waals surface area contributed by atoms with Gasteiger partial charge in [-0.1, -0.05) is 0 Å². The van der Waals surface area contributed by atoms with Crippen LogP contribution in [0.2, 0.25) is 0 Å². The maximum atomic E-state index is 5.57. The molecule has 1 unspecified atom stereocenters. The highest BCUT2D eigenvalue weighted by molar-refractivity contribution is 7.80. The standard InChI is InChI=1S/C17H22N2O3S/c1-13(16-5-4-11-22-16)19(10-12-20-2)17(23)18-14-6-8-15(21-3)9-7-14/h4-9,11,13H,10,12H2,1-3H3,(H,18,23). The van der Waals surface area contributed by atoms with Gasteiger partial charge < -0.3 is 24.1 Å². The first-order valence-electron chi connectivity index (χ1n) is 7.39. The van der Waals surface area contributed by atoms with Crippen LogP contribution in [0, 0.1) is 0 Å². The fraction of sp³-hybridized carbons (Fsp3) is 0.353. The molecule has 6 heteroatoms. The predicted molar refractivity (Wildman–Crippen MR) is 94.9 cm³/mol. The summed E-state index contributed by atoms with van der Waals surface area (Å²) in [6.07, 6.45) is 1.67. The van der Waals surface area contributed by atoms with E-state index in [-0.39, 0.29) is 6.04 Å². The number of thiocarbonyl (C=S) groups is 1. The highest BCUT2D eigenvalue weighted by Crippen LogP contribution is 2.22. The Morgan fingerprint density at radius 3 is 2.57 bits per heavy atom. The third-order valence-electron chi connectivity index (χ3n) is 3.56. The van der Waals surface area contributed by atoms with Gasteiger partial charge in [-0.25, -0.2) is 0 Å². The van der Waals surface area contributed by atoms with Crippen LogP contribution in [-0.4, -0.2) is 37.4 Å². The van der Waals surface area contributed by atoms with E-state index in [1.165, 1.54) is 0 Å². The zero-order chi connectivity index (χ0) is 16.7. The highest BCUT2D eigenvalue weighted by Gasteiger charge is 2.20. The molecule has 0 spiro atoms. The zero-order valence-corrected chi connectivity index (χ0v) is 14.4. The summed E-state index contributed by atoms with van der Waals surface area (Å²) in [4.78, 5) is 2.04. The van der Waals surface area contributed by atoms with Gasteiger partial charge in [0.2, 0.25) is 0 Å². The molecule has 0 aliphatic rings. The molecule has 1 N–H and O–H groups in total. The third-order valence-corrected chi connectivity index (χ3v) is 3.90. The monoisotopic (exact) mass is 334 g/mol. The quantitative estimate of drug-likeness (QED) is 0.779. The number of methoxy groups -OCH3 is 2. The molecular formula is C17H22N2O3S. The smallest absolute Gasteiger partial charge is 0.174 e. The number of hydrogen-bond acceptors (Lipinski definition) is 4. The van der Waals surface area contributed by atoms with Crippen molar-refractivity contribution in [1.82, 2.24) is 4.90 Å². The van der Waals surface area contributed by atoms with Gasteiger partial charge in [0.15, 0.2) is 5.11 Å². The minimum absolute atomic E-state index is 0.0124. The maximum Gasteiger partial charge on any atom is 0.174 e. The van der Waals surface area contributed by atoms with Crippen LogP contribution in [0.5, 0.6) is 5.75 Å². The van der Waals surface area contributed by atoms with Crippen molar-refractivity contribution < 1.29 is 13.9 Å². The summed E-state index contributed by atoms with van der Waals surface area (Å²) in [5.41, 5.74) is 0.907. The molecule has 2 rings (SSSR count). The molecule has 0 aliphatic carbocycles. The minimum atomic E-state index is 0.0124. The van der Waals surface area contributed by atoms with Crippen molar-refractivity contribution in [3.8, 4) is 5.75 Å². The van der Waals surface area contributed by atoms with Gasteiger partial charge in [0, 0.05) is 19.3 Å². The molecule has 2 aromatic rings. The van der Waals surface area contributed by atoms with E-state index in [2.05, 4.69) is 12.2 Å². The topological polar surface area (TPSA) is 46.9 Å². The lowest BCUT2D eigenvalue weighted by atomic mass is 10.2.